The van der Waals surface area contributed by atoms with Crippen molar-refractivity contribution in [2.75, 3.05) is 0 Å². The highest BCUT2D eigenvalue weighted by Crippen LogP contribution is 2.58. The van der Waals surface area contributed by atoms with E-state index in [0.29, 0.717) is 11.7 Å². The number of hydrogen-bond donors (Lipinski definition) is 0. The van der Waals surface area contributed by atoms with Gasteiger partial charge in [0.05, 0.1) is 22.9 Å². The molecule has 1 aliphatic heterocycles. The molecule has 0 spiro atoms. The van der Waals surface area contributed by atoms with Crippen LogP contribution < -0.4 is 0 Å². The first-order chi connectivity index (χ1) is 9.51. The molecule has 0 aromatic carbocycles. The van der Waals surface area contributed by atoms with Crippen LogP contribution in [-0.2, 0) is 14.8 Å². The zero-order chi connectivity index (χ0) is 15.6. The van der Waals surface area contributed by atoms with E-state index >= 15 is 0 Å². The molecule has 0 radical (unpaired) electrons. The monoisotopic (exact) mass is 290 g/mol. The first kappa shape index (κ1) is 15.1. The van der Waals surface area contributed by atoms with Gasteiger partial charge in [-0.25, -0.2) is 0 Å². The molecule has 1 saturated heterocycles. The van der Waals surface area contributed by atoms with E-state index in [0.717, 1.165) is 6.42 Å². The molecule has 2 aliphatic rings. The summed E-state index contributed by atoms with van der Waals surface area (Å²) in [5.41, 5.74) is 0.873. The van der Waals surface area contributed by atoms with Crippen LogP contribution in [0, 0.1) is 0 Å². The van der Waals surface area contributed by atoms with Crippen LogP contribution in [0.25, 0.3) is 0 Å². The van der Waals surface area contributed by atoms with E-state index in [1.165, 1.54) is 5.56 Å². The minimum atomic E-state index is -0.236. The molecule has 1 aromatic rings. The van der Waals surface area contributed by atoms with E-state index in [-0.39, 0.29) is 23.9 Å². The summed E-state index contributed by atoms with van der Waals surface area (Å²) in [5.74, 6) is 0.986. The van der Waals surface area contributed by atoms with Gasteiger partial charge in [-0.05, 0) is 66.4 Å². The van der Waals surface area contributed by atoms with Gasteiger partial charge in [-0.3, -0.25) is 4.68 Å². The van der Waals surface area contributed by atoms with Gasteiger partial charge in [0.25, 0.3) is 0 Å². The molecule has 1 saturated carbocycles. The maximum Gasteiger partial charge on any atom is 0.461 e. The molecular formula is C16H27BN2O2. The maximum atomic E-state index is 6.16. The van der Waals surface area contributed by atoms with E-state index in [4.69, 9.17) is 9.31 Å². The number of hydrogen-bond acceptors (Lipinski definition) is 3. The van der Waals surface area contributed by atoms with Crippen molar-refractivity contribution < 1.29 is 9.31 Å². The Labute approximate surface area is 128 Å². The van der Waals surface area contributed by atoms with Gasteiger partial charge in [0.15, 0.2) is 0 Å². The molecule has 4 nitrogen and oxygen atoms in total. The van der Waals surface area contributed by atoms with Crippen molar-refractivity contribution in [3.05, 3.63) is 18.0 Å². The lowest BCUT2D eigenvalue weighted by molar-refractivity contribution is 0.00578. The minimum absolute atomic E-state index is 0.0347. The van der Waals surface area contributed by atoms with E-state index in [2.05, 4.69) is 59.8 Å². The van der Waals surface area contributed by atoms with Gasteiger partial charge in [-0.2, -0.15) is 5.10 Å². The SMILES string of the molecule is CC(C)(C)n1cc([C@H]2C[C@@H]2B2OC(C)(C)C(C)(C)O2)cn1. The lowest BCUT2D eigenvalue weighted by Gasteiger charge is -2.32. The zero-order valence-corrected chi connectivity index (χ0v) is 14.3. The predicted molar refractivity (Wildman–Crippen MR) is 84.4 cm³/mol. The van der Waals surface area contributed by atoms with Crippen molar-refractivity contribution in [3.63, 3.8) is 0 Å². The number of nitrogens with zero attached hydrogens (tertiary/aromatic N) is 2. The lowest BCUT2D eigenvalue weighted by atomic mass is 9.80. The van der Waals surface area contributed by atoms with Gasteiger partial charge in [-0.15, -0.1) is 0 Å². The smallest absolute Gasteiger partial charge is 0.403 e. The Morgan fingerprint density at radius 3 is 2.24 bits per heavy atom. The Kier molecular flexibility index (Phi) is 3.13. The molecule has 21 heavy (non-hydrogen) atoms. The molecule has 2 heterocycles. The molecule has 5 heteroatoms. The van der Waals surface area contributed by atoms with Crippen molar-refractivity contribution >= 4 is 7.12 Å². The Morgan fingerprint density at radius 1 is 1.19 bits per heavy atom. The third-order valence-corrected chi connectivity index (χ3v) is 5.18. The highest BCUT2D eigenvalue weighted by molar-refractivity contribution is 6.49. The Balaban J connectivity index is 1.69. The fraction of sp³-hybridized carbons (Fsp3) is 0.812. The zero-order valence-electron chi connectivity index (χ0n) is 14.3. The second-order valence-electron chi connectivity index (χ2n) is 8.52. The van der Waals surface area contributed by atoms with Gasteiger partial charge < -0.3 is 9.31 Å². The van der Waals surface area contributed by atoms with Crippen LogP contribution in [0.2, 0.25) is 5.82 Å². The van der Waals surface area contributed by atoms with E-state index in [9.17, 15) is 0 Å². The molecule has 1 aliphatic carbocycles. The van der Waals surface area contributed by atoms with Crippen molar-refractivity contribution in [2.24, 2.45) is 0 Å². The summed E-state index contributed by atoms with van der Waals surface area (Å²) in [6, 6.07) is 0. The predicted octanol–water partition coefficient (Wildman–Crippen LogP) is 3.59. The van der Waals surface area contributed by atoms with E-state index < -0.39 is 0 Å². The number of rotatable bonds is 2. The first-order valence-corrected chi connectivity index (χ1v) is 7.92. The standard InChI is InChI=1S/C16H27BN2O2/c1-14(2,3)19-10-11(9-18-19)12-8-13(12)17-20-15(4,5)16(6,7)21-17/h9-10,12-13H,8H2,1-7H3/t12-,13+/m1/s1. The van der Waals surface area contributed by atoms with Crippen LogP contribution in [0.1, 0.15) is 66.4 Å². The van der Waals surface area contributed by atoms with Crippen molar-refractivity contribution in [3.8, 4) is 0 Å². The fourth-order valence-corrected chi connectivity index (χ4v) is 2.86. The summed E-state index contributed by atoms with van der Waals surface area (Å²) in [5, 5.41) is 4.50. The van der Waals surface area contributed by atoms with Crippen molar-refractivity contribution in [2.45, 2.75) is 83.4 Å². The van der Waals surface area contributed by atoms with Crippen molar-refractivity contribution in [1.29, 1.82) is 0 Å². The topological polar surface area (TPSA) is 36.3 Å². The van der Waals surface area contributed by atoms with Gasteiger partial charge in [-0.1, -0.05) is 0 Å². The minimum Gasteiger partial charge on any atom is -0.403 e. The molecule has 0 amide bonds. The molecule has 2 fully saturated rings. The van der Waals surface area contributed by atoms with Crippen molar-refractivity contribution in [1.82, 2.24) is 9.78 Å². The highest BCUT2D eigenvalue weighted by atomic mass is 16.7. The molecule has 116 valence electrons. The number of aromatic nitrogens is 2. The molecule has 3 rings (SSSR count). The normalized spacial score (nSPS) is 30.7. The molecule has 2 atom stereocenters. The molecule has 0 N–H and O–H groups in total. The third-order valence-electron chi connectivity index (χ3n) is 5.18. The third kappa shape index (κ3) is 2.55. The van der Waals surface area contributed by atoms with Crippen LogP contribution in [0.3, 0.4) is 0 Å². The molecular weight excluding hydrogens is 263 g/mol. The maximum absolute atomic E-state index is 6.16. The van der Waals surface area contributed by atoms with Crippen LogP contribution in [0.4, 0.5) is 0 Å². The highest BCUT2D eigenvalue weighted by Gasteiger charge is 2.60. The van der Waals surface area contributed by atoms with Crippen LogP contribution in [0.5, 0.6) is 0 Å². The molecule has 1 aromatic heterocycles. The Bertz CT molecular complexity index is 529. The van der Waals surface area contributed by atoms with Gasteiger partial charge in [0, 0.05) is 12.0 Å². The quantitative estimate of drug-likeness (QED) is 0.781. The van der Waals surface area contributed by atoms with Gasteiger partial charge in [0.1, 0.15) is 0 Å². The average molecular weight is 290 g/mol. The van der Waals surface area contributed by atoms with E-state index in [1.54, 1.807) is 0 Å². The summed E-state index contributed by atoms with van der Waals surface area (Å²) in [6.07, 6.45) is 5.31. The second-order valence-corrected chi connectivity index (χ2v) is 8.52. The lowest BCUT2D eigenvalue weighted by Crippen LogP contribution is -2.41. The summed E-state index contributed by atoms with van der Waals surface area (Å²) < 4.78 is 14.4. The summed E-state index contributed by atoms with van der Waals surface area (Å²) in [6.45, 7) is 15.0. The van der Waals surface area contributed by atoms with E-state index in [1.807, 2.05) is 10.9 Å². The first-order valence-electron chi connectivity index (χ1n) is 7.92. The summed E-state index contributed by atoms with van der Waals surface area (Å²) in [4.78, 5) is 0. The molecule has 0 bridgehead atoms. The van der Waals surface area contributed by atoms with Gasteiger partial charge in [0.2, 0.25) is 0 Å². The Morgan fingerprint density at radius 2 is 1.76 bits per heavy atom. The Hall–Kier alpha value is -0.805. The molecule has 0 unspecified atom stereocenters. The summed E-state index contributed by atoms with van der Waals surface area (Å²) in [7, 11) is -0.0852. The van der Waals surface area contributed by atoms with Gasteiger partial charge >= 0.3 is 7.12 Å². The summed E-state index contributed by atoms with van der Waals surface area (Å²) >= 11 is 0. The van der Waals surface area contributed by atoms with Crippen LogP contribution in [0.15, 0.2) is 12.4 Å². The average Bonchev–Trinajstić information content (AvgIpc) is 2.87. The largest absolute Gasteiger partial charge is 0.461 e. The fourth-order valence-electron chi connectivity index (χ4n) is 2.86. The second kappa shape index (κ2) is 4.36. The van der Waals surface area contributed by atoms with Crippen LogP contribution in [-0.4, -0.2) is 28.1 Å². The van der Waals surface area contributed by atoms with Crippen LogP contribution >= 0.6 is 0 Å².